The zero-order chi connectivity index (χ0) is 14.4. The highest BCUT2D eigenvalue weighted by Crippen LogP contribution is 2.35. The van der Waals surface area contributed by atoms with E-state index < -0.39 is 0 Å². The number of guanidine groups is 1. The quantitative estimate of drug-likeness (QED) is 0.360. The van der Waals surface area contributed by atoms with Crippen molar-refractivity contribution in [2.24, 2.45) is 16.8 Å². The Morgan fingerprint density at radius 2 is 2.15 bits per heavy atom. The minimum Gasteiger partial charge on any atom is -0.383 e. The van der Waals surface area contributed by atoms with Crippen LogP contribution in [-0.4, -0.2) is 37.2 Å². The van der Waals surface area contributed by atoms with Gasteiger partial charge >= 0.3 is 0 Å². The van der Waals surface area contributed by atoms with Crippen LogP contribution in [0.2, 0.25) is 0 Å². The molecule has 5 heteroatoms. The number of nitrogens with two attached hydrogens (primary N) is 1. The van der Waals surface area contributed by atoms with Gasteiger partial charge in [-0.25, -0.2) is 10.8 Å². The van der Waals surface area contributed by atoms with Crippen LogP contribution in [0, 0.1) is 5.92 Å². The minimum atomic E-state index is 0.420. The van der Waals surface area contributed by atoms with Crippen molar-refractivity contribution in [1.82, 2.24) is 10.3 Å². The molecule has 110 valence electrons. The highest BCUT2D eigenvalue weighted by Gasteiger charge is 2.33. The van der Waals surface area contributed by atoms with E-state index in [4.69, 9.17) is 10.6 Å². The number of rotatable bonds is 6. The molecule has 0 spiro atoms. The first-order valence-electron chi connectivity index (χ1n) is 7.12. The Labute approximate surface area is 120 Å². The fraction of sp³-hybridized carbons (Fsp3) is 0.533. The van der Waals surface area contributed by atoms with Crippen LogP contribution in [0.1, 0.15) is 19.8 Å². The zero-order valence-electron chi connectivity index (χ0n) is 12.2. The van der Waals surface area contributed by atoms with Crippen molar-refractivity contribution >= 4 is 11.6 Å². The molecule has 0 amide bonds. The van der Waals surface area contributed by atoms with Crippen molar-refractivity contribution in [2.45, 2.75) is 25.8 Å². The summed E-state index contributed by atoms with van der Waals surface area (Å²) in [4.78, 5) is 6.82. The summed E-state index contributed by atoms with van der Waals surface area (Å²) in [7, 11) is 1.71. The van der Waals surface area contributed by atoms with Crippen molar-refractivity contribution in [2.75, 3.05) is 20.3 Å². The lowest BCUT2D eigenvalue weighted by atomic mass is 10.2. The molecule has 1 aliphatic carbocycles. The highest BCUT2D eigenvalue weighted by atomic mass is 16.5. The molecule has 1 aromatic rings. The minimum absolute atomic E-state index is 0.420. The molecule has 3 N–H and O–H groups in total. The first-order chi connectivity index (χ1) is 9.76. The normalized spacial score (nSPS) is 16.9. The van der Waals surface area contributed by atoms with Gasteiger partial charge in [0.15, 0.2) is 0 Å². The number of para-hydroxylation sites is 1. The van der Waals surface area contributed by atoms with E-state index in [0.29, 0.717) is 18.6 Å². The largest absolute Gasteiger partial charge is 0.383 e. The van der Waals surface area contributed by atoms with Crippen molar-refractivity contribution in [3.05, 3.63) is 30.3 Å². The Morgan fingerprint density at radius 1 is 1.45 bits per heavy atom. The maximum atomic E-state index is 5.69. The smallest absolute Gasteiger partial charge is 0.213 e. The van der Waals surface area contributed by atoms with E-state index in [1.165, 1.54) is 12.8 Å². The maximum absolute atomic E-state index is 5.69. The molecule has 1 fully saturated rings. The Balaban J connectivity index is 2.16. The molecule has 20 heavy (non-hydrogen) atoms. The van der Waals surface area contributed by atoms with E-state index >= 15 is 0 Å². The van der Waals surface area contributed by atoms with Crippen LogP contribution >= 0.6 is 0 Å². The summed E-state index contributed by atoms with van der Waals surface area (Å²) in [5, 5.41) is 0. The Kier molecular flexibility index (Phi) is 5.38. The van der Waals surface area contributed by atoms with Gasteiger partial charge in [0, 0.05) is 19.7 Å². The van der Waals surface area contributed by atoms with Crippen LogP contribution in [0.5, 0.6) is 0 Å². The Bertz CT molecular complexity index is 431. The number of hydrogen-bond acceptors (Lipinski definition) is 3. The number of hydrogen-bond donors (Lipinski definition) is 2. The summed E-state index contributed by atoms with van der Waals surface area (Å²) in [6.07, 6.45) is 2.57. The third-order valence-electron chi connectivity index (χ3n) is 3.72. The third kappa shape index (κ3) is 3.95. The van der Waals surface area contributed by atoms with Crippen LogP contribution in [0.4, 0.5) is 5.69 Å². The predicted molar refractivity (Wildman–Crippen MR) is 81.6 cm³/mol. The Morgan fingerprint density at radius 3 is 2.70 bits per heavy atom. The SMILES string of the molecule is COCCN(C(=Nc1ccccc1)NN)C(C)C1CC1. The molecule has 1 aliphatic rings. The van der Waals surface area contributed by atoms with Crippen LogP contribution < -0.4 is 11.3 Å². The molecule has 0 radical (unpaired) electrons. The zero-order valence-corrected chi connectivity index (χ0v) is 12.2. The van der Waals surface area contributed by atoms with Gasteiger partial charge in [-0.2, -0.15) is 0 Å². The molecule has 0 aromatic heterocycles. The van der Waals surface area contributed by atoms with E-state index in [2.05, 4.69) is 22.2 Å². The maximum Gasteiger partial charge on any atom is 0.213 e. The molecule has 0 bridgehead atoms. The molecular weight excluding hydrogens is 252 g/mol. The standard InChI is InChI=1S/C15H24N4O/c1-12(13-8-9-13)19(10-11-20-2)15(18-16)17-14-6-4-3-5-7-14/h3-7,12-13H,8-11,16H2,1-2H3,(H,17,18). The number of hydrazine groups is 1. The van der Waals surface area contributed by atoms with Gasteiger partial charge in [-0.05, 0) is 37.8 Å². The lowest BCUT2D eigenvalue weighted by Crippen LogP contribution is -2.50. The predicted octanol–water partition coefficient (Wildman–Crippen LogP) is 1.88. The topological polar surface area (TPSA) is 62.9 Å². The van der Waals surface area contributed by atoms with Crippen LogP contribution in [-0.2, 0) is 4.74 Å². The molecule has 1 atom stereocenters. The van der Waals surface area contributed by atoms with E-state index in [-0.39, 0.29) is 0 Å². The van der Waals surface area contributed by atoms with Crippen molar-refractivity contribution in [3.8, 4) is 0 Å². The number of aliphatic imine (C=N–C) groups is 1. The first kappa shape index (κ1) is 14.8. The lowest BCUT2D eigenvalue weighted by Gasteiger charge is -2.31. The van der Waals surface area contributed by atoms with E-state index in [9.17, 15) is 0 Å². The molecule has 2 rings (SSSR count). The van der Waals surface area contributed by atoms with Crippen LogP contribution in [0.3, 0.4) is 0 Å². The fourth-order valence-electron chi connectivity index (χ4n) is 2.33. The highest BCUT2D eigenvalue weighted by molar-refractivity contribution is 5.82. The molecular formula is C15H24N4O. The second-order valence-electron chi connectivity index (χ2n) is 5.18. The summed E-state index contributed by atoms with van der Waals surface area (Å²) in [6, 6.07) is 10.3. The summed E-state index contributed by atoms with van der Waals surface area (Å²) >= 11 is 0. The van der Waals surface area contributed by atoms with Gasteiger partial charge in [-0.1, -0.05) is 18.2 Å². The molecule has 5 nitrogen and oxygen atoms in total. The van der Waals surface area contributed by atoms with Gasteiger partial charge < -0.3 is 9.64 Å². The monoisotopic (exact) mass is 276 g/mol. The molecule has 1 unspecified atom stereocenters. The molecule has 1 aromatic carbocycles. The molecule has 0 aliphatic heterocycles. The summed E-state index contributed by atoms with van der Waals surface area (Å²) in [5.74, 6) is 7.13. The number of nitrogens with zero attached hydrogens (tertiary/aromatic N) is 2. The van der Waals surface area contributed by atoms with Gasteiger partial charge in [0.05, 0.1) is 12.3 Å². The second kappa shape index (κ2) is 7.26. The molecule has 0 heterocycles. The number of benzene rings is 1. The van der Waals surface area contributed by atoms with E-state index in [1.54, 1.807) is 7.11 Å². The van der Waals surface area contributed by atoms with Gasteiger partial charge in [0.1, 0.15) is 0 Å². The van der Waals surface area contributed by atoms with Gasteiger partial charge in [0.2, 0.25) is 5.96 Å². The average Bonchev–Trinajstić information content (AvgIpc) is 3.31. The van der Waals surface area contributed by atoms with Gasteiger partial charge in [0.25, 0.3) is 0 Å². The Hall–Kier alpha value is -1.59. The van der Waals surface area contributed by atoms with Gasteiger partial charge in [-0.3, -0.25) is 5.43 Å². The number of ether oxygens (including phenoxy) is 1. The number of methoxy groups -OCH3 is 1. The second-order valence-corrected chi connectivity index (χ2v) is 5.18. The van der Waals surface area contributed by atoms with Crippen molar-refractivity contribution < 1.29 is 4.74 Å². The number of nitrogens with one attached hydrogen (secondary N) is 1. The summed E-state index contributed by atoms with van der Waals surface area (Å²) in [6.45, 7) is 3.67. The average molecular weight is 276 g/mol. The molecule has 0 saturated heterocycles. The third-order valence-corrected chi connectivity index (χ3v) is 3.72. The van der Waals surface area contributed by atoms with E-state index in [0.717, 1.165) is 18.2 Å². The van der Waals surface area contributed by atoms with Crippen LogP contribution in [0.25, 0.3) is 0 Å². The summed E-state index contributed by atoms with van der Waals surface area (Å²) in [5.41, 5.74) is 3.64. The lowest BCUT2D eigenvalue weighted by molar-refractivity contribution is 0.157. The van der Waals surface area contributed by atoms with Crippen LogP contribution in [0.15, 0.2) is 35.3 Å². The fourth-order valence-corrected chi connectivity index (χ4v) is 2.33. The first-order valence-corrected chi connectivity index (χ1v) is 7.12. The van der Waals surface area contributed by atoms with E-state index in [1.807, 2.05) is 30.3 Å². The van der Waals surface area contributed by atoms with Gasteiger partial charge in [-0.15, -0.1) is 0 Å². The summed E-state index contributed by atoms with van der Waals surface area (Å²) < 4.78 is 5.20. The molecule has 1 saturated carbocycles. The van der Waals surface area contributed by atoms with Crippen molar-refractivity contribution in [3.63, 3.8) is 0 Å². The van der Waals surface area contributed by atoms with Crippen molar-refractivity contribution in [1.29, 1.82) is 0 Å².